The molecule has 0 amide bonds. The lowest BCUT2D eigenvalue weighted by atomic mass is 10.2. The summed E-state index contributed by atoms with van der Waals surface area (Å²) in [6, 6.07) is 0.543. The van der Waals surface area contributed by atoms with Gasteiger partial charge >= 0.3 is 5.97 Å². The number of carboxylic acids is 1. The van der Waals surface area contributed by atoms with Gasteiger partial charge in [-0.2, -0.15) is 4.31 Å². The zero-order valence-corrected chi connectivity index (χ0v) is 13.1. The third kappa shape index (κ3) is 3.05. The fourth-order valence-corrected chi connectivity index (χ4v) is 3.40. The molecule has 23 heavy (non-hydrogen) atoms. The highest BCUT2D eigenvalue weighted by molar-refractivity contribution is 7.89. The fraction of sp³-hybridized carbons (Fsp3) is 0.417. The molecule has 1 aromatic rings. The molecule has 126 valence electrons. The van der Waals surface area contributed by atoms with Gasteiger partial charge in [0.25, 0.3) is 15.7 Å². The molecule has 11 heteroatoms. The number of ether oxygens (including phenoxy) is 2. The third-order valence-electron chi connectivity index (χ3n) is 3.38. The van der Waals surface area contributed by atoms with Gasteiger partial charge in [-0.25, -0.2) is 8.42 Å². The van der Waals surface area contributed by atoms with E-state index in [1.165, 1.54) is 0 Å². The van der Waals surface area contributed by atoms with E-state index in [-0.39, 0.29) is 24.7 Å². The molecule has 10 nitrogen and oxygen atoms in total. The number of likely N-dealkylation sites (N-methyl/N-ethyl adjacent to an activating group) is 1. The van der Waals surface area contributed by atoms with Crippen LogP contribution in [-0.4, -0.2) is 55.0 Å². The molecule has 1 aliphatic heterocycles. The molecule has 0 fully saturated rings. The average Bonchev–Trinajstić information content (AvgIpc) is 2.51. The third-order valence-corrected chi connectivity index (χ3v) is 5.34. The maximum absolute atomic E-state index is 12.6. The Morgan fingerprint density at radius 2 is 1.87 bits per heavy atom. The molecule has 1 aliphatic rings. The van der Waals surface area contributed by atoms with E-state index in [0.29, 0.717) is 4.31 Å². The molecular formula is C12H14N2O8S. The molecule has 0 radical (unpaired) electrons. The Labute approximate surface area is 131 Å². The van der Waals surface area contributed by atoms with Crippen LogP contribution in [0.25, 0.3) is 0 Å². The molecule has 2 rings (SSSR count). The Bertz CT molecular complexity index is 761. The van der Waals surface area contributed by atoms with Crippen molar-refractivity contribution in [1.82, 2.24) is 4.31 Å². The Morgan fingerprint density at radius 3 is 2.35 bits per heavy atom. The van der Waals surface area contributed by atoms with Crippen molar-refractivity contribution < 1.29 is 32.7 Å². The predicted octanol–water partition coefficient (Wildman–Crippen LogP) is 0.460. The molecule has 0 saturated heterocycles. The van der Waals surface area contributed by atoms with Crippen molar-refractivity contribution in [2.24, 2.45) is 0 Å². The van der Waals surface area contributed by atoms with Gasteiger partial charge in [0.15, 0.2) is 16.4 Å². The molecule has 0 aliphatic carbocycles. The topological polar surface area (TPSA) is 136 Å². The van der Waals surface area contributed by atoms with Gasteiger partial charge in [-0.15, -0.1) is 0 Å². The van der Waals surface area contributed by atoms with Crippen LogP contribution < -0.4 is 9.47 Å². The molecular weight excluding hydrogens is 332 g/mol. The first-order chi connectivity index (χ1) is 10.7. The van der Waals surface area contributed by atoms with Crippen molar-refractivity contribution in [2.45, 2.75) is 17.9 Å². The number of aliphatic carboxylic acids is 1. The van der Waals surface area contributed by atoms with Crippen molar-refractivity contribution in [3.8, 4) is 11.5 Å². The first-order valence-corrected chi connectivity index (χ1v) is 7.89. The molecule has 1 N–H and O–H groups in total. The maximum Gasteiger partial charge on any atom is 0.321 e. The molecule has 0 saturated carbocycles. The predicted molar refractivity (Wildman–Crippen MR) is 76.1 cm³/mol. The summed E-state index contributed by atoms with van der Waals surface area (Å²) >= 11 is 0. The number of nitro benzene ring substituents is 1. The zero-order chi connectivity index (χ0) is 17.4. The molecule has 1 unspecified atom stereocenters. The summed E-state index contributed by atoms with van der Waals surface area (Å²) in [6.07, 6.45) is 0. The Morgan fingerprint density at radius 1 is 1.35 bits per heavy atom. The number of rotatable bonds is 5. The van der Waals surface area contributed by atoms with Gasteiger partial charge in [-0.05, 0) is 6.92 Å². The number of benzene rings is 1. The van der Waals surface area contributed by atoms with Crippen molar-refractivity contribution >= 4 is 21.7 Å². The maximum atomic E-state index is 12.6. The van der Waals surface area contributed by atoms with E-state index in [0.717, 1.165) is 26.1 Å². The van der Waals surface area contributed by atoms with Crippen molar-refractivity contribution in [1.29, 1.82) is 0 Å². The highest BCUT2D eigenvalue weighted by Gasteiger charge is 2.36. The standard InChI is InChI=1S/C12H14N2O8S/c1-7(12(15)16)13(2)23(19,20)11-6-10-9(21-3-4-22-10)5-8(11)14(17)18/h5-7H,3-4H2,1-2H3,(H,15,16). The number of nitrogens with zero attached hydrogens (tertiary/aromatic N) is 2. The number of nitro groups is 1. The van der Waals surface area contributed by atoms with Crippen molar-refractivity contribution in [2.75, 3.05) is 20.3 Å². The van der Waals surface area contributed by atoms with E-state index in [9.17, 15) is 23.3 Å². The number of hydrogen-bond donors (Lipinski definition) is 1. The monoisotopic (exact) mass is 346 g/mol. The van der Waals surface area contributed by atoms with E-state index >= 15 is 0 Å². The zero-order valence-electron chi connectivity index (χ0n) is 12.3. The van der Waals surface area contributed by atoms with Crippen LogP contribution in [0.15, 0.2) is 17.0 Å². The summed E-state index contributed by atoms with van der Waals surface area (Å²) in [6.45, 7) is 1.52. The van der Waals surface area contributed by atoms with E-state index in [1.807, 2.05) is 0 Å². The summed E-state index contributed by atoms with van der Waals surface area (Å²) in [5, 5.41) is 20.1. The second-order valence-corrected chi connectivity index (χ2v) is 6.72. The lowest BCUT2D eigenvalue weighted by molar-refractivity contribution is -0.388. The first-order valence-electron chi connectivity index (χ1n) is 6.45. The largest absolute Gasteiger partial charge is 0.486 e. The Kier molecular flexibility index (Phi) is 4.43. The first kappa shape index (κ1) is 17.0. The van der Waals surface area contributed by atoms with E-state index in [2.05, 4.69) is 0 Å². The number of sulfonamides is 1. The quantitative estimate of drug-likeness (QED) is 0.600. The number of hydrogen-bond acceptors (Lipinski definition) is 7. The lowest BCUT2D eigenvalue weighted by Gasteiger charge is -2.23. The molecule has 1 heterocycles. The van der Waals surface area contributed by atoms with Crippen LogP contribution in [0.3, 0.4) is 0 Å². The van der Waals surface area contributed by atoms with E-state index in [4.69, 9.17) is 14.6 Å². The number of carbonyl (C=O) groups is 1. The van der Waals surface area contributed by atoms with Gasteiger partial charge < -0.3 is 14.6 Å². The van der Waals surface area contributed by atoms with Gasteiger partial charge in [0.2, 0.25) is 0 Å². The molecule has 0 aromatic heterocycles. The molecule has 0 spiro atoms. The summed E-state index contributed by atoms with van der Waals surface area (Å²) in [5.41, 5.74) is -0.710. The van der Waals surface area contributed by atoms with E-state index < -0.39 is 37.5 Å². The highest BCUT2D eigenvalue weighted by atomic mass is 32.2. The Hall–Kier alpha value is -2.40. The second-order valence-electron chi connectivity index (χ2n) is 4.76. The highest BCUT2D eigenvalue weighted by Crippen LogP contribution is 2.39. The van der Waals surface area contributed by atoms with Gasteiger partial charge in [-0.1, -0.05) is 0 Å². The molecule has 0 bridgehead atoms. The number of carboxylic acid groups (broad SMARTS) is 1. The lowest BCUT2D eigenvalue weighted by Crippen LogP contribution is -2.40. The average molecular weight is 346 g/mol. The van der Waals surface area contributed by atoms with Gasteiger partial charge in [0, 0.05) is 13.1 Å². The number of fused-ring (bicyclic) bond motifs is 1. The SMILES string of the molecule is CC(C(=O)O)N(C)S(=O)(=O)c1cc2c(cc1[N+](=O)[O-])OCCO2. The van der Waals surface area contributed by atoms with Crippen LogP contribution in [0.5, 0.6) is 11.5 Å². The minimum absolute atomic E-state index is 0.0526. The van der Waals surface area contributed by atoms with Crippen LogP contribution in [0.4, 0.5) is 5.69 Å². The minimum atomic E-state index is -4.42. The second kappa shape index (κ2) is 6.01. The summed E-state index contributed by atoms with van der Waals surface area (Å²) in [4.78, 5) is 20.7. The van der Waals surface area contributed by atoms with Crippen LogP contribution in [-0.2, 0) is 14.8 Å². The normalized spacial score (nSPS) is 15.3. The Balaban J connectivity index is 2.61. The van der Waals surface area contributed by atoms with Gasteiger partial charge in [0.1, 0.15) is 19.3 Å². The van der Waals surface area contributed by atoms with E-state index in [1.54, 1.807) is 0 Å². The molecule has 1 atom stereocenters. The molecule has 1 aromatic carbocycles. The fourth-order valence-electron chi connectivity index (χ4n) is 1.93. The van der Waals surface area contributed by atoms with Crippen LogP contribution in [0.2, 0.25) is 0 Å². The van der Waals surface area contributed by atoms with Crippen molar-refractivity contribution in [3.05, 3.63) is 22.2 Å². The minimum Gasteiger partial charge on any atom is -0.486 e. The van der Waals surface area contributed by atoms with Crippen LogP contribution in [0, 0.1) is 10.1 Å². The smallest absolute Gasteiger partial charge is 0.321 e. The van der Waals surface area contributed by atoms with Crippen LogP contribution in [0.1, 0.15) is 6.92 Å². The summed E-state index contributed by atoms with van der Waals surface area (Å²) < 4.78 is 36.1. The summed E-state index contributed by atoms with van der Waals surface area (Å²) in [5.74, 6) is -1.26. The van der Waals surface area contributed by atoms with Gasteiger partial charge in [0.05, 0.1) is 11.0 Å². The van der Waals surface area contributed by atoms with Crippen LogP contribution >= 0.6 is 0 Å². The summed E-state index contributed by atoms with van der Waals surface area (Å²) in [7, 11) is -3.38. The van der Waals surface area contributed by atoms with Crippen molar-refractivity contribution in [3.63, 3.8) is 0 Å². The van der Waals surface area contributed by atoms with Gasteiger partial charge in [-0.3, -0.25) is 14.9 Å².